The molecule has 0 bridgehead atoms. The van der Waals surface area contributed by atoms with Crippen LogP contribution < -0.4 is 4.74 Å². The van der Waals surface area contributed by atoms with Crippen molar-refractivity contribution in [3.05, 3.63) is 83.0 Å². The molecule has 2 aromatic heterocycles. The van der Waals surface area contributed by atoms with Crippen molar-refractivity contribution in [3.8, 4) is 5.75 Å². The predicted molar refractivity (Wildman–Crippen MR) is 132 cm³/mol. The lowest BCUT2D eigenvalue weighted by molar-refractivity contribution is 0.0837. The van der Waals surface area contributed by atoms with Crippen LogP contribution in [0, 0.1) is 0 Å². The molecule has 1 N–H and O–H groups in total. The molecule has 7 nitrogen and oxygen atoms in total. The van der Waals surface area contributed by atoms with E-state index in [0.29, 0.717) is 24.6 Å². The SMILES string of the molecule is O=C(OCCF)N1CCc2c([nH]c3ccc(Cl)cc23)C1c1ccc(OCCCn2ccnc2)cc1. The van der Waals surface area contributed by atoms with Crippen LogP contribution in [0.1, 0.15) is 29.3 Å². The van der Waals surface area contributed by atoms with E-state index in [2.05, 4.69) is 9.97 Å². The minimum Gasteiger partial charge on any atom is -0.494 e. The van der Waals surface area contributed by atoms with E-state index in [1.54, 1.807) is 17.4 Å². The predicted octanol–water partition coefficient (Wildman–Crippen LogP) is 5.54. The number of benzene rings is 2. The number of imidazole rings is 1. The number of carbonyl (C=O) groups is 1. The number of hydrogen-bond donors (Lipinski definition) is 1. The first-order valence-corrected chi connectivity index (χ1v) is 12.0. The minimum atomic E-state index is -0.715. The number of fused-ring (bicyclic) bond motifs is 3. The van der Waals surface area contributed by atoms with Crippen LogP contribution in [0.4, 0.5) is 9.18 Å². The molecule has 1 atom stereocenters. The van der Waals surface area contributed by atoms with Gasteiger partial charge in [0.2, 0.25) is 0 Å². The summed E-state index contributed by atoms with van der Waals surface area (Å²) >= 11 is 6.25. The highest BCUT2D eigenvalue weighted by Crippen LogP contribution is 2.39. The molecule has 1 aliphatic rings. The van der Waals surface area contributed by atoms with Gasteiger partial charge in [0, 0.05) is 47.1 Å². The Balaban J connectivity index is 1.38. The molecule has 3 heterocycles. The molecule has 0 fully saturated rings. The van der Waals surface area contributed by atoms with E-state index >= 15 is 0 Å². The van der Waals surface area contributed by atoms with Gasteiger partial charge in [-0.3, -0.25) is 4.90 Å². The number of alkyl halides is 1. The Morgan fingerprint density at radius 1 is 1.20 bits per heavy atom. The van der Waals surface area contributed by atoms with E-state index < -0.39 is 18.8 Å². The molecule has 0 spiro atoms. The number of aromatic amines is 1. The van der Waals surface area contributed by atoms with Crippen molar-refractivity contribution in [2.24, 2.45) is 0 Å². The van der Waals surface area contributed by atoms with Gasteiger partial charge in [0.05, 0.1) is 12.9 Å². The van der Waals surface area contributed by atoms with Crippen LogP contribution >= 0.6 is 11.6 Å². The second-order valence-electron chi connectivity index (χ2n) is 8.43. The van der Waals surface area contributed by atoms with Crippen molar-refractivity contribution < 1.29 is 18.7 Å². The lowest BCUT2D eigenvalue weighted by atomic mass is 9.92. The molecule has 1 unspecified atom stereocenters. The van der Waals surface area contributed by atoms with Crippen LogP contribution in [-0.4, -0.2) is 52.0 Å². The summed E-state index contributed by atoms with van der Waals surface area (Å²) in [5.74, 6) is 0.755. The number of aromatic nitrogens is 3. The highest BCUT2D eigenvalue weighted by Gasteiger charge is 2.35. The molecule has 0 saturated carbocycles. The van der Waals surface area contributed by atoms with E-state index in [4.69, 9.17) is 21.1 Å². The summed E-state index contributed by atoms with van der Waals surface area (Å²) in [5, 5.41) is 1.71. The van der Waals surface area contributed by atoms with Crippen LogP contribution in [0.2, 0.25) is 5.02 Å². The zero-order valence-corrected chi connectivity index (χ0v) is 19.9. The number of H-pyrrole nitrogens is 1. The van der Waals surface area contributed by atoms with E-state index in [1.807, 2.05) is 53.2 Å². The fourth-order valence-electron chi connectivity index (χ4n) is 4.62. The zero-order chi connectivity index (χ0) is 24.2. The topological polar surface area (TPSA) is 72.4 Å². The van der Waals surface area contributed by atoms with Gasteiger partial charge >= 0.3 is 6.09 Å². The lowest BCUT2D eigenvalue weighted by Gasteiger charge is -2.35. The number of carbonyl (C=O) groups excluding carboxylic acids is 1. The molecule has 182 valence electrons. The van der Waals surface area contributed by atoms with Crippen molar-refractivity contribution in [1.82, 2.24) is 19.4 Å². The van der Waals surface area contributed by atoms with Gasteiger partial charge in [0.1, 0.15) is 25.1 Å². The highest BCUT2D eigenvalue weighted by molar-refractivity contribution is 6.31. The summed E-state index contributed by atoms with van der Waals surface area (Å²) in [6.45, 7) is 0.893. The van der Waals surface area contributed by atoms with Crippen LogP contribution in [0.5, 0.6) is 5.75 Å². The average Bonchev–Trinajstić information content (AvgIpc) is 3.52. The van der Waals surface area contributed by atoms with Crippen LogP contribution in [0.15, 0.2) is 61.2 Å². The number of rotatable bonds is 8. The molecule has 0 radical (unpaired) electrons. The van der Waals surface area contributed by atoms with Gasteiger partial charge < -0.3 is 19.0 Å². The van der Waals surface area contributed by atoms with Crippen molar-refractivity contribution in [2.75, 3.05) is 26.4 Å². The van der Waals surface area contributed by atoms with E-state index in [9.17, 15) is 9.18 Å². The van der Waals surface area contributed by atoms with Gasteiger partial charge in [-0.25, -0.2) is 14.2 Å². The fraction of sp³-hybridized carbons (Fsp3) is 0.308. The second kappa shape index (κ2) is 10.4. The second-order valence-corrected chi connectivity index (χ2v) is 8.86. The third-order valence-corrected chi connectivity index (χ3v) is 6.45. The first-order valence-electron chi connectivity index (χ1n) is 11.6. The number of aryl methyl sites for hydroxylation is 1. The molecule has 2 aromatic carbocycles. The van der Waals surface area contributed by atoms with Crippen LogP contribution in [0.25, 0.3) is 10.9 Å². The van der Waals surface area contributed by atoms with Crippen LogP contribution in [-0.2, 0) is 17.7 Å². The molecule has 0 aliphatic carbocycles. The summed E-state index contributed by atoms with van der Waals surface area (Å²) in [6.07, 6.45) is 6.44. The smallest absolute Gasteiger partial charge is 0.410 e. The molecule has 9 heteroatoms. The first kappa shape index (κ1) is 23.2. The third kappa shape index (κ3) is 4.98. The molecule has 5 rings (SSSR count). The molecule has 0 saturated heterocycles. The Morgan fingerprint density at radius 2 is 2.06 bits per heavy atom. The summed E-state index contributed by atoms with van der Waals surface area (Å²) in [4.78, 5) is 22.0. The minimum absolute atomic E-state index is 0.261. The van der Waals surface area contributed by atoms with Crippen molar-refractivity contribution in [2.45, 2.75) is 25.4 Å². The van der Waals surface area contributed by atoms with E-state index in [-0.39, 0.29) is 6.61 Å². The summed E-state index contributed by atoms with van der Waals surface area (Å²) in [7, 11) is 0. The Morgan fingerprint density at radius 3 is 2.83 bits per heavy atom. The Hall–Kier alpha value is -3.52. The molecule has 35 heavy (non-hydrogen) atoms. The standard InChI is InChI=1S/C26H26ClFN4O3/c27-19-4-7-23-22(16-19)21-8-12-32(26(33)35-15-9-28)25(24(21)30-23)18-2-5-20(6-3-18)34-14-1-11-31-13-10-29-17-31/h2-7,10,13,16-17,25,30H,1,8-9,11-12,14-15H2. The van der Waals surface area contributed by atoms with Gasteiger partial charge in [-0.15, -0.1) is 0 Å². The Labute approximate surface area is 207 Å². The largest absolute Gasteiger partial charge is 0.494 e. The zero-order valence-electron chi connectivity index (χ0n) is 19.1. The van der Waals surface area contributed by atoms with E-state index in [0.717, 1.165) is 46.4 Å². The van der Waals surface area contributed by atoms with Gasteiger partial charge in [-0.1, -0.05) is 23.7 Å². The maximum atomic E-state index is 12.8. The monoisotopic (exact) mass is 496 g/mol. The first-order chi connectivity index (χ1) is 17.1. The van der Waals surface area contributed by atoms with Crippen LogP contribution in [0.3, 0.4) is 0 Å². The Bertz CT molecular complexity index is 1290. The number of amides is 1. The van der Waals surface area contributed by atoms with Crippen molar-refractivity contribution in [3.63, 3.8) is 0 Å². The molecular weight excluding hydrogens is 471 g/mol. The number of ether oxygens (including phenoxy) is 2. The molecule has 1 aliphatic heterocycles. The number of halogens is 2. The fourth-order valence-corrected chi connectivity index (χ4v) is 4.79. The normalized spacial score (nSPS) is 15.3. The lowest BCUT2D eigenvalue weighted by Crippen LogP contribution is -2.41. The number of nitrogens with zero attached hydrogens (tertiary/aromatic N) is 3. The number of nitrogens with one attached hydrogen (secondary N) is 1. The van der Waals surface area contributed by atoms with Gasteiger partial charge in [-0.05, 0) is 54.3 Å². The van der Waals surface area contributed by atoms with Gasteiger partial charge in [0.15, 0.2) is 0 Å². The Kier molecular flexibility index (Phi) is 6.90. The van der Waals surface area contributed by atoms with Crippen molar-refractivity contribution in [1.29, 1.82) is 0 Å². The number of hydrogen-bond acceptors (Lipinski definition) is 4. The third-order valence-electron chi connectivity index (χ3n) is 6.21. The average molecular weight is 497 g/mol. The van der Waals surface area contributed by atoms with Gasteiger partial charge in [-0.2, -0.15) is 0 Å². The van der Waals surface area contributed by atoms with E-state index in [1.165, 1.54) is 0 Å². The van der Waals surface area contributed by atoms with Gasteiger partial charge in [0.25, 0.3) is 0 Å². The molecular formula is C26H26ClFN4O3. The maximum Gasteiger partial charge on any atom is 0.410 e. The highest BCUT2D eigenvalue weighted by atomic mass is 35.5. The maximum absolute atomic E-state index is 12.8. The summed E-state index contributed by atoms with van der Waals surface area (Å²) < 4.78 is 25.7. The quantitative estimate of drug-likeness (QED) is 0.325. The summed E-state index contributed by atoms with van der Waals surface area (Å²) in [6, 6.07) is 13.1. The summed E-state index contributed by atoms with van der Waals surface area (Å²) in [5.41, 5.74) is 3.91. The van der Waals surface area contributed by atoms with Crippen molar-refractivity contribution >= 4 is 28.6 Å². The molecule has 4 aromatic rings. The molecule has 1 amide bonds.